The second-order valence-corrected chi connectivity index (χ2v) is 3.76. The van der Waals surface area contributed by atoms with E-state index in [1.807, 2.05) is 20.8 Å². The summed E-state index contributed by atoms with van der Waals surface area (Å²) in [5, 5.41) is 0. The van der Waals surface area contributed by atoms with Gasteiger partial charge in [0.15, 0.2) is 0 Å². The van der Waals surface area contributed by atoms with Crippen LogP contribution in [0.5, 0.6) is 0 Å². The number of rotatable bonds is 4. The molecule has 0 spiro atoms. The molecule has 72 valence electrons. The SMILES string of the molecule is CC(C)(C)OCCC(N)C(N)=O. The van der Waals surface area contributed by atoms with Crippen molar-refractivity contribution in [1.82, 2.24) is 0 Å². The van der Waals surface area contributed by atoms with Crippen molar-refractivity contribution >= 4 is 5.91 Å². The van der Waals surface area contributed by atoms with Crippen molar-refractivity contribution in [3.63, 3.8) is 0 Å². The van der Waals surface area contributed by atoms with E-state index in [2.05, 4.69) is 0 Å². The largest absolute Gasteiger partial charge is 0.376 e. The zero-order valence-electron chi connectivity index (χ0n) is 7.96. The van der Waals surface area contributed by atoms with Crippen molar-refractivity contribution in [1.29, 1.82) is 0 Å². The Morgan fingerprint density at radius 3 is 2.33 bits per heavy atom. The van der Waals surface area contributed by atoms with Gasteiger partial charge >= 0.3 is 0 Å². The number of nitrogens with two attached hydrogens (primary N) is 2. The highest BCUT2D eigenvalue weighted by atomic mass is 16.5. The van der Waals surface area contributed by atoms with E-state index in [1.54, 1.807) is 0 Å². The molecule has 0 fully saturated rings. The number of primary amides is 1. The van der Waals surface area contributed by atoms with Gasteiger partial charge < -0.3 is 16.2 Å². The first-order valence-corrected chi connectivity index (χ1v) is 4.02. The van der Waals surface area contributed by atoms with Crippen molar-refractivity contribution in [2.24, 2.45) is 11.5 Å². The van der Waals surface area contributed by atoms with E-state index in [0.717, 1.165) is 0 Å². The molecule has 4 N–H and O–H groups in total. The summed E-state index contributed by atoms with van der Waals surface area (Å²) in [7, 11) is 0. The summed E-state index contributed by atoms with van der Waals surface area (Å²) < 4.78 is 5.36. The average molecular weight is 174 g/mol. The van der Waals surface area contributed by atoms with Crippen LogP contribution in [0.25, 0.3) is 0 Å². The fraction of sp³-hybridized carbons (Fsp3) is 0.875. The molecule has 0 saturated heterocycles. The fourth-order valence-corrected chi connectivity index (χ4v) is 0.634. The van der Waals surface area contributed by atoms with E-state index in [9.17, 15) is 4.79 Å². The van der Waals surface area contributed by atoms with Gasteiger partial charge in [-0.15, -0.1) is 0 Å². The minimum Gasteiger partial charge on any atom is -0.376 e. The molecule has 4 heteroatoms. The number of carbonyl (C=O) groups is 1. The normalized spacial score (nSPS) is 14.3. The molecule has 0 saturated carbocycles. The van der Waals surface area contributed by atoms with Crippen LogP contribution >= 0.6 is 0 Å². The Bertz CT molecular complexity index is 152. The van der Waals surface area contributed by atoms with Gasteiger partial charge in [-0.05, 0) is 27.2 Å². The van der Waals surface area contributed by atoms with Crippen LogP contribution in [0.3, 0.4) is 0 Å². The lowest BCUT2D eigenvalue weighted by atomic mass is 10.2. The molecule has 0 aliphatic rings. The Balaban J connectivity index is 3.51. The predicted octanol–water partition coefficient (Wildman–Crippen LogP) is 0.00420. The maximum Gasteiger partial charge on any atom is 0.234 e. The molecule has 0 heterocycles. The second-order valence-electron chi connectivity index (χ2n) is 3.76. The summed E-state index contributed by atoms with van der Waals surface area (Å²) in [4.78, 5) is 10.5. The van der Waals surface area contributed by atoms with Crippen LogP contribution in [0.2, 0.25) is 0 Å². The molecule has 12 heavy (non-hydrogen) atoms. The summed E-state index contributed by atoms with van der Waals surface area (Å²) in [5.41, 5.74) is 10.2. The first-order chi connectivity index (χ1) is 5.33. The predicted molar refractivity (Wildman–Crippen MR) is 47.5 cm³/mol. The lowest BCUT2D eigenvalue weighted by molar-refractivity contribution is -0.120. The number of ether oxygens (including phenoxy) is 1. The maximum absolute atomic E-state index is 10.5. The second kappa shape index (κ2) is 4.42. The smallest absolute Gasteiger partial charge is 0.234 e. The Labute approximate surface area is 73.2 Å². The molecule has 0 aromatic rings. The van der Waals surface area contributed by atoms with Gasteiger partial charge in [0.1, 0.15) is 0 Å². The Kier molecular flexibility index (Phi) is 4.20. The number of hydrogen-bond acceptors (Lipinski definition) is 3. The highest BCUT2D eigenvalue weighted by Gasteiger charge is 2.13. The monoisotopic (exact) mass is 174 g/mol. The highest BCUT2D eigenvalue weighted by Crippen LogP contribution is 2.07. The molecular weight excluding hydrogens is 156 g/mol. The number of amides is 1. The van der Waals surface area contributed by atoms with Crippen molar-refractivity contribution < 1.29 is 9.53 Å². The first-order valence-electron chi connectivity index (χ1n) is 4.02. The van der Waals surface area contributed by atoms with Gasteiger partial charge in [0.05, 0.1) is 11.6 Å². The third-order valence-electron chi connectivity index (χ3n) is 1.33. The lowest BCUT2D eigenvalue weighted by Gasteiger charge is -2.20. The van der Waals surface area contributed by atoms with E-state index in [4.69, 9.17) is 16.2 Å². The summed E-state index contributed by atoms with van der Waals surface area (Å²) in [6.07, 6.45) is 0.479. The van der Waals surface area contributed by atoms with Crippen LogP contribution in [-0.4, -0.2) is 24.2 Å². The maximum atomic E-state index is 10.5. The van der Waals surface area contributed by atoms with Gasteiger partial charge in [0.25, 0.3) is 0 Å². The Hall–Kier alpha value is -0.610. The summed E-state index contributed by atoms with van der Waals surface area (Å²) in [6.45, 7) is 6.31. The minimum absolute atomic E-state index is 0.183. The highest BCUT2D eigenvalue weighted by molar-refractivity contribution is 5.79. The van der Waals surface area contributed by atoms with Crippen molar-refractivity contribution in [2.45, 2.75) is 38.8 Å². The quantitative estimate of drug-likeness (QED) is 0.630. The molecular formula is C8H18N2O2. The van der Waals surface area contributed by atoms with Crippen LogP contribution in [-0.2, 0) is 9.53 Å². The molecule has 0 aromatic heterocycles. The fourth-order valence-electron chi connectivity index (χ4n) is 0.634. The van der Waals surface area contributed by atoms with E-state index in [0.29, 0.717) is 13.0 Å². The van der Waals surface area contributed by atoms with Gasteiger partial charge in [-0.3, -0.25) is 4.79 Å². The van der Waals surface area contributed by atoms with E-state index >= 15 is 0 Å². The van der Waals surface area contributed by atoms with Crippen molar-refractivity contribution in [3.05, 3.63) is 0 Å². The molecule has 1 amide bonds. The third kappa shape index (κ3) is 6.12. The third-order valence-corrected chi connectivity index (χ3v) is 1.33. The van der Waals surface area contributed by atoms with Gasteiger partial charge in [0, 0.05) is 6.61 Å². The Morgan fingerprint density at radius 1 is 1.50 bits per heavy atom. The topological polar surface area (TPSA) is 78.3 Å². The van der Waals surface area contributed by atoms with Crippen LogP contribution in [0.4, 0.5) is 0 Å². The van der Waals surface area contributed by atoms with Crippen LogP contribution < -0.4 is 11.5 Å². The Morgan fingerprint density at radius 2 is 2.00 bits per heavy atom. The summed E-state index contributed by atoms with van der Waals surface area (Å²) in [5.74, 6) is -0.479. The molecule has 1 unspecified atom stereocenters. The first kappa shape index (κ1) is 11.4. The van der Waals surface area contributed by atoms with E-state index < -0.39 is 11.9 Å². The summed E-state index contributed by atoms with van der Waals surface area (Å²) >= 11 is 0. The van der Waals surface area contributed by atoms with Gasteiger partial charge in [-0.1, -0.05) is 0 Å². The lowest BCUT2D eigenvalue weighted by Crippen LogP contribution is -2.38. The molecule has 0 radical (unpaired) electrons. The van der Waals surface area contributed by atoms with Crippen LogP contribution in [0.1, 0.15) is 27.2 Å². The van der Waals surface area contributed by atoms with Gasteiger partial charge in [0.2, 0.25) is 5.91 Å². The molecule has 0 aromatic carbocycles. The van der Waals surface area contributed by atoms with Crippen molar-refractivity contribution in [3.8, 4) is 0 Å². The number of hydrogen-bond donors (Lipinski definition) is 2. The molecule has 0 aliphatic heterocycles. The molecule has 0 aliphatic carbocycles. The summed E-state index contributed by atoms with van der Waals surface area (Å²) in [6, 6.07) is -0.590. The molecule has 1 atom stereocenters. The minimum atomic E-state index is -0.590. The van der Waals surface area contributed by atoms with Gasteiger partial charge in [-0.2, -0.15) is 0 Å². The molecule has 0 rings (SSSR count). The average Bonchev–Trinajstić information content (AvgIpc) is 1.84. The standard InChI is InChI=1S/C8H18N2O2/c1-8(2,3)12-5-4-6(9)7(10)11/h6H,4-5,9H2,1-3H3,(H2,10,11). The molecule has 0 bridgehead atoms. The van der Waals surface area contributed by atoms with Crippen molar-refractivity contribution in [2.75, 3.05) is 6.61 Å². The number of carbonyl (C=O) groups excluding carboxylic acids is 1. The van der Waals surface area contributed by atoms with E-state index in [1.165, 1.54) is 0 Å². The van der Waals surface area contributed by atoms with E-state index in [-0.39, 0.29) is 5.60 Å². The zero-order valence-corrected chi connectivity index (χ0v) is 7.96. The van der Waals surface area contributed by atoms with Crippen LogP contribution in [0.15, 0.2) is 0 Å². The van der Waals surface area contributed by atoms with Gasteiger partial charge in [-0.25, -0.2) is 0 Å². The molecule has 4 nitrogen and oxygen atoms in total. The zero-order chi connectivity index (χ0) is 9.78. The van der Waals surface area contributed by atoms with Crippen LogP contribution in [0, 0.1) is 0 Å².